The summed E-state index contributed by atoms with van der Waals surface area (Å²) in [5, 5.41) is 5.93. The molecule has 1 aliphatic rings. The van der Waals surface area contributed by atoms with Gasteiger partial charge in [-0.2, -0.15) is 18.3 Å². The van der Waals surface area contributed by atoms with Crippen molar-refractivity contribution in [3.8, 4) is 11.3 Å². The van der Waals surface area contributed by atoms with Gasteiger partial charge in [-0.05, 0) is 18.9 Å². The van der Waals surface area contributed by atoms with Crippen molar-refractivity contribution in [3.05, 3.63) is 58.7 Å². The minimum Gasteiger partial charge on any atom is -0.336 e. The minimum absolute atomic E-state index is 0.137. The van der Waals surface area contributed by atoms with Crippen molar-refractivity contribution in [2.45, 2.75) is 25.1 Å². The second-order valence-corrected chi connectivity index (χ2v) is 7.46. The van der Waals surface area contributed by atoms with E-state index in [1.54, 1.807) is 4.90 Å². The second-order valence-electron chi connectivity index (χ2n) is 6.61. The van der Waals surface area contributed by atoms with Crippen LogP contribution in [-0.4, -0.2) is 38.7 Å². The third kappa shape index (κ3) is 3.80. The predicted molar refractivity (Wildman–Crippen MR) is 99.0 cm³/mol. The van der Waals surface area contributed by atoms with Crippen LogP contribution in [0.5, 0.6) is 0 Å². The summed E-state index contributed by atoms with van der Waals surface area (Å²) in [5.41, 5.74) is 0.831. The highest BCUT2D eigenvalue weighted by Gasteiger charge is 2.34. The molecule has 0 spiro atoms. The van der Waals surface area contributed by atoms with Crippen molar-refractivity contribution in [1.82, 2.24) is 19.7 Å². The van der Waals surface area contributed by atoms with Crippen LogP contribution in [0.1, 0.15) is 34.4 Å². The Bertz CT molecular complexity index is 959. The molecule has 4 rings (SSSR count). The Balaban J connectivity index is 1.39. The van der Waals surface area contributed by atoms with E-state index in [0.29, 0.717) is 30.9 Å². The van der Waals surface area contributed by atoms with Gasteiger partial charge in [0.1, 0.15) is 0 Å². The summed E-state index contributed by atoms with van der Waals surface area (Å²) < 4.78 is 39.5. The van der Waals surface area contributed by atoms with E-state index >= 15 is 0 Å². The van der Waals surface area contributed by atoms with Crippen molar-refractivity contribution in [1.29, 1.82) is 0 Å². The average Bonchev–Trinajstić information content (AvgIpc) is 3.38. The highest BCUT2D eigenvalue weighted by Crippen LogP contribution is 2.30. The van der Waals surface area contributed by atoms with Gasteiger partial charge >= 0.3 is 6.18 Å². The molecule has 0 atom stereocenters. The molecule has 0 aliphatic carbocycles. The molecule has 1 saturated heterocycles. The number of carbonyl (C=O) groups is 1. The highest BCUT2D eigenvalue weighted by molar-refractivity contribution is 7.12. The minimum atomic E-state index is -4.44. The van der Waals surface area contributed by atoms with Gasteiger partial charge in [-0.3, -0.25) is 9.48 Å². The van der Waals surface area contributed by atoms with Crippen molar-refractivity contribution in [2.75, 3.05) is 13.1 Å². The van der Waals surface area contributed by atoms with Gasteiger partial charge in [-0.25, -0.2) is 4.98 Å². The molecule has 2 aromatic heterocycles. The molecule has 1 amide bonds. The predicted octanol–water partition coefficient (Wildman–Crippen LogP) is 4.50. The van der Waals surface area contributed by atoms with E-state index in [4.69, 9.17) is 0 Å². The summed E-state index contributed by atoms with van der Waals surface area (Å²) in [5.74, 6) is -0.137. The lowest BCUT2D eigenvalue weighted by atomic mass is 10.1. The molecule has 3 aromatic rings. The van der Waals surface area contributed by atoms with Gasteiger partial charge in [0.15, 0.2) is 10.7 Å². The third-order valence-electron chi connectivity index (χ3n) is 4.78. The Labute approximate surface area is 163 Å². The number of hydrogen-bond donors (Lipinski definition) is 0. The van der Waals surface area contributed by atoms with E-state index in [0.717, 1.165) is 17.3 Å². The fourth-order valence-corrected chi connectivity index (χ4v) is 4.07. The normalized spacial score (nSPS) is 15.8. The molecule has 5 nitrogen and oxygen atoms in total. The lowest BCUT2D eigenvalue weighted by molar-refractivity contribution is -0.141. The first kappa shape index (κ1) is 18.7. The lowest BCUT2D eigenvalue weighted by Gasteiger charge is -2.31. The van der Waals surface area contributed by atoms with Crippen LogP contribution >= 0.6 is 11.3 Å². The molecule has 1 fully saturated rings. The van der Waals surface area contributed by atoms with Gasteiger partial charge < -0.3 is 4.90 Å². The fourth-order valence-electron chi connectivity index (χ4n) is 3.27. The molecule has 0 radical (unpaired) electrons. The molecule has 1 aromatic carbocycles. The van der Waals surface area contributed by atoms with Crippen LogP contribution in [0.3, 0.4) is 0 Å². The molecule has 0 N–H and O–H groups in total. The number of halogens is 3. The topological polar surface area (TPSA) is 51.0 Å². The van der Waals surface area contributed by atoms with E-state index in [1.165, 1.54) is 22.2 Å². The highest BCUT2D eigenvalue weighted by atomic mass is 32.1. The van der Waals surface area contributed by atoms with E-state index in [2.05, 4.69) is 10.1 Å². The van der Waals surface area contributed by atoms with Crippen molar-refractivity contribution in [3.63, 3.8) is 0 Å². The third-order valence-corrected chi connectivity index (χ3v) is 5.61. The van der Waals surface area contributed by atoms with E-state index < -0.39 is 11.9 Å². The van der Waals surface area contributed by atoms with Crippen molar-refractivity contribution < 1.29 is 18.0 Å². The van der Waals surface area contributed by atoms with Crippen molar-refractivity contribution in [2.24, 2.45) is 0 Å². The van der Waals surface area contributed by atoms with Crippen LogP contribution in [0.2, 0.25) is 0 Å². The van der Waals surface area contributed by atoms with Gasteiger partial charge in [-0.15, -0.1) is 11.3 Å². The van der Waals surface area contributed by atoms with Crippen LogP contribution < -0.4 is 0 Å². The van der Waals surface area contributed by atoms with Gasteiger partial charge in [0.05, 0.1) is 11.7 Å². The van der Waals surface area contributed by atoms with Gasteiger partial charge in [0.2, 0.25) is 0 Å². The molecule has 28 heavy (non-hydrogen) atoms. The van der Waals surface area contributed by atoms with E-state index in [9.17, 15) is 18.0 Å². The number of alkyl halides is 3. The monoisotopic (exact) mass is 406 g/mol. The SMILES string of the molecule is O=C(c1nc(-c2ccccc2)cs1)N1CCC(n2ccc(C(F)(F)F)n2)CC1. The van der Waals surface area contributed by atoms with Crippen LogP contribution in [0.25, 0.3) is 11.3 Å². The number of aromatic nitrogens is 3. The average molecular weight is 406 g/mol. The Morgan fingerprint density at radius 2 is 1.82 bits per heavy atom. The number of thiazole rings is 1. The maximum absolute atomic E-state index is 12.7. The van der Waals surface area contributed by atoms with Crippen LogP contribution in [0.4, 0.5) is 13.2 Å². The molecule has 9 heteroatoms. The molecule has 0 saturated carbocycles. The number of carbonyl (C=O) groups excluding carboxylic acids is 1. The van der Waals surface area contributed by atoms with Crippen LogP contribution in [-0.2, 0) is 6.18 Å². The number of likely N-dealkylation sites (tertiary alicyclic amines) is 1. The smallest absolute Gasteiger partial charge is 0.336 e. The molecule has 3 heterocycles. The molecule has 0 bridgehead atoms. The number of benzene rings is 1. The first-order chi connectivity index (χ1) is 13.4. The second kappa shape index (κ2) is 7.38. The van der Waals surface area contributed by atoms with Crippen LogP contribution in [0.15, 0.2) is 48.0 Å². The van der Waals surface area contributed by atoms with E-state index in [-0.39, 0.29) is 11.9 Å². The zero-order valence-electron chi connectivity index (χ0n) is 14.8. The van der Waals surface area contributed by atoms with Crippen molar-refractivity contribution >= 4 is 17.2 Å². The Kier molecular flexibility index (Phi) is 4.92. The number of hydrogen-bond acceptors (Lipinski definition) is 4. The summed E-state index contributed by atoms with van der Waals surface area (Å²) >= 11 is 1.30. The number of piperidine rings is 1. The zero-order valence-corrected chi connectivity index (χ0v) is 15.6. The molecular formula is C19H17F3N4OS. The maximum Gasteiger partial charge on any atom is 0.435 e. The molecule has 1 aliphatic heterocycles. The fraction of sp³-hybridized carbons (Fsp3) is 0.316. The summed E-state index contributed by atoms with van der Waals surface area (Å²) in [6, 6.07) is 10.5. The van der Waals surface area contributed by atoms with Gasteiger partial charge in [0, 0.05) is 30.2 Å². The number of nitrogens with zero attached hydrogens (tertiary/aromatic N) is 4. The Hall–Kier alpha value is -2.68. The van der Waals surface area contributed by atoms with Crippen LogP contribution in [0, 0.1) is 0 Å². The van der Waals surface area contributed by atoms with Gasteiger partial charge in [0.25, 0.3) is 5.91 Å². The first-order valence-corrected chi connectivity index (χ1v) is 9.72. The Morgan fingerprint density at radius 1 is 1.11 bits per heavy atom. The maximum atomic E-state index is 12.7. The van der Waals surface area contributed by atoms with E-state index in [1.807, 2.05) is 35.7 Å². The summed E-state index contributed by atoms with van der Waals surface area (Å²) in [6.07, 6.45) is -1.97. The standard InChI is InChI=1S/C19H17F3N4OS/c20-19(21,22)16-8-11-26(24-16)14-6-9-25(10-7-14)18(27)17-23-15(12-28-17)13-4-2-1-3-5-13/h1-5,8,11-12,14H,6-7,9-10H2. The number of rotatable bonds is 3. The van der Waals surface area contributed by atoms with Gasteiger partial charge in [-0.1, -0.05) is 30.3 Å². The number of amides is 1. The zero-order chi connectivity index (χ0) is 19.7. The Morgan fingerprint density at radius 3 is 2.46 bits per heavy atom. The largest absolute Gasteiger partial charge is 0.435 e. The summed E-state index contributed by atoms with van der Waals surface area (Å²) in [4.78, 5) is 18.9. The molecule has 146 valence electrons. The molecular weight excluding hydrogens is 389 g/mol. The summed E-state index contributed by atoms with van der Waals surface area (Å²) in [6.45, 7) is 0.927. The molecule has 0 unspecified atom stereocenters. The lowest BCUT2D eigenvalue weighted by Crippen LogP contribution is -2.39. The summed E-state index contributed by atoms with van der Waals surface area (Å²) in [7, 11) is 0. The quantitative estimate of drug-likeness (QED) is 0.643. The first-order valence-electron chi connectivity index (χ1n) is 8.84.